The topological polar surface area (TPSA) is 46.3 Å². The maximum Gasteiger partial charge on any atom is 0.226 e. The first-order chi connectivity index (χ1) is 8.29. The third kappa shape index (κ3) is 3.49. The van der Waals surface area contributed by atoms with Gasteiger partial charge in [0.15, 0.2) is 0 Å². The molecular weight excluding hydrogens is 258 g/mol. The quantitative estimate of drug-likeness (QED) is 0.847. The van der Waals surface area contributed by atoms with E-state index >= 15 is 0 Å². The molecule has 17 heavy (non-hydrogen) atoms. The Balaban J connectivity index is 2.04. The van der Waals surface area contributed by atoms with E-state index in [1.54, 1.807) is 30.2 Å². The van der Waals surface area contributed by atoms with Crippen LogP contribution in [-0.2, 0) is 5.75 Å². The van der Waals surface area contributed by atoms with Crippen LogP contribution in [0.1, 0.15) is 5.69 Å². The lowest BCUT2D eigenvalue weighted by atomic mass is 10.2. The van der Waals surface area contributed by atoms with Crippen LogP contribution in [0.5, 0.6) is 0 Å². The van der Waals surface area contributed by atoms with Gasteiger partial charge in [0.1, 0.15) is 6.26 Å². The van der Waals surface area contributed by atoms with E-state index in [1.165, 1.54) is 0 Å². The van der Waals surface area contributed by atoms with E-state index in [4.69, 9.17) is 21.1 Å². The average molecular weight is 270 g/mol. The molecule has 0 aliphatic rings. The summed E-state index contributed by atoms with van der Waals surface area (Å²) in [4.78, 5) is 4.37. The van der Waals surface area contributed by atoms with Gasteiger partial charge in [0.25, 0.3) is 0 Å². The fourth-order valence-corrected chi connectivity index (χ4v) is 2.08. The number of hydrogen-bond acceptors (Lipinski definition) is 4. The molecule has 0 unspecified atom stereocenters. The molecule has 0 bridgehead atoms. The molecule has 1 N–H and O–H groups in total. The second-order valence-corrected chi connectivity index (χ2v) is 4.97. The van der Waals surface area contributed by atoms with Gasteiger partial charge in [0, 0.05) is 22.1 Å². The lowest BCUT2D eigenvalue weighted by molar-refractivity contribution is 0.322. The first-order valence-corrected chi connectivity index (χ1v) is 6.72. The minimum absolute atomic E-state index is 0.187. The number of aliphatic hydroxyl groups is 1. The summed E-state index contributed by atoms with van der Waals surface area (Å²) in [5, 5.41) is 9.37. The number of benzene rings is 1. The molecular formula is C12H12ClNO2S. The third-order valence-corrected chi connectivity index (χ3v) is 3.35. The molecule has 0 saturated heterocycles. The van der Waals surface area contributed by atoms with E-state index in [0.29, 0.717) is 16.7 Å². The number of aliphatic hydroxyl groups excluding tert-OH is 1. The SMILES string of the molecule is OCCSCc1coc(-c2ccc(Cl)cc2)n1. The van der Waals surface area contributed by atoms with Gasteiger partial charge in [-0.25, -0.2) is 4.98 Å². The van der Waals surface area contributed by atoms with Gasteiger partial charge in [0.2, 0.25) is 5.89 Å². The number of aromatic nitrogens is 1. The van der Waals surface area contributed by atoms with Gasteiger partial charge >= 0.3 is 0 Å². The van der Waals surface area contributed by atoms with Crippen molar-refractivity contribution >= 4 is 23.4 Å². The third-order valence-electron chi connectivity index (χ3n) is 2.13. The highest BCUT2D eigenvalue weighted by Crippen LogP contribution is 2.22. The van der Waals surface area contributed by atoms with Gasteiger partial charge in [-0.05, 0) is 24.3 Å². The van der Waals surface area contributed by atoms with Crippen molar-refractivity contribution in [2.24, 2.45) is 0 Å². The lowest BCUT2D eigenvalue weighted by Gasteiger charge is -1.95. The molecule has 3 nitrogen and oxygen atoms in total. The molecule has 5 heteroatoms. The second-order valence-electron chi connectivity index (χ2n) is 3.43. The standard InChI is InChI=1S/C12H12ClNO2S/c13-10-3-1-9(2-4-10)12-14-11(7-16-12)8-17-6-5-15/h1-4,7,15H,5-6,8H2. The van der Waals surface area contributed by atoms with Crippen LogP contribution in [0.3, 0.4) is 0 Å². The summed E-state index contributed by atoms with van der Waals surface area (Å²) in [5.41, 5.74) is 1.79. The van der Waals surface area contributed by atoms with E-state index < -0.39 is 0 Å². The molecule has 0 amide bonds. The summed E-state index contributed by atoms with van der Waals surface area (Å²) >= 11 is 7.43. The summed E-state index contributed by atoms with van der Waals surface area (Å²) in [7, 11) is 0. The summed E-state index contributed by atoms with van der Waals surface area (Å²) in [5.74, 6) is 2.06. The summed E-state index contributed by atoms with van der Waals surface area (Å²) < 4.78 is 5.39. The largest absolute Gasteiger partial charge is 0.444 e. The second kappa shape index (κ2) is 6.10. The van der Waals surface area contributed by atoms with Crippen molar-refractivity contribution < 1.29 is 9.52 Å². The molecule has 0 atom stereocenters. The van der Waals surface area contributed by atoms with Gasteiger partial charge in [-0.15, -0.1) is 0 Å². The zero-order valence-electron chi connectivity index (χ0n) is 9.10. The minimum atomic E-state index is 0.187. The monoisotopic (exact) mass is 269 g/mol. The predicted octanol–water partition coefficient (Wildman–Crippen LogP) is 3.22. The maximum atomic E-state index is 8.68. The number of thioether (sulfide) groups is 1. The van der Waals surface area contributed by atoms with Crippen molar-refractivity contribution in [3.63, 3.8) is 0 Å². The number of nitrogens with zero attached hydrogens (tertiary/aromatic N) is 1. The van der Waals surface area contributed by atoms with Crippen molar-refractivity contribution in [1.29, 1.82) is 0 Å². The Hall–Kier alpha value is -0.970. The summed E-state index contributed by atoms with van der Waals surface area (Å²) in [6.45, 7) is 0.187. The Morgan fingerprint density at radius 1 is 1.29 bits per heavy atom. The highest BCUT2D eigenvalue weighted by molar-refractivity contribution is 7.98. The van der Waals surface area contributed by atoms with Crippen LogP contribution in [0.4, 0.5) is 0 Å². The van der Waals surface area contributed by atoms with Crippen molar-refractivity contribution in [3.05, 3.63) is 41.2 Å². The highest BCUT2D eigenvalue weighted by atomic mass is 35.5. The normalized spacial score (nSPS) is 10.7. The number of halogens is 1. The molecule has 2 aromatic rings. The summed E-state index contributed by atoms with van der Waals surface area (Å²) in [6, 6.07) is 7.36. The molecule has 0 saturated carbocycles. The van der Waals surface area contributed by atoms with Gasteiger partial charge < -0.3 is 9.52 Å². The van der Waals surface area contributed by atoms with Crippen LogP contribution >= 0.6 is 23.4 Å². The van der Waals surface area contributed by atoms with Crippen LogP contribution < -0.4 is 0 Å². The van der Waals surface area contributed by atoms with Crippen molar-refractivity contribution in [3.8, 4) is 11.5 Å². The number of rotatable bonds is 5. The average Bonchev–Trinajstić information content (AvgIpc) is 2.79. The molecule has 0 fully saturated rings. The van der Waals surface area contributed by atoms with Crippen LogP contribution in [0.15, 0.2) is 34.9 Å². The number of hydrogen-bond donors (Lipinski definition) is 1. The minimum Gasteiger partial charge on any atom is -0.444 e. The first-order valence-electron chi connectivity index (χ1n) is 5.18. The van der Waals surface area contributed by atoms with Crippen LogP contribution in [0.25, 0.3) is 11.5 Å². The molecule has 0 aliphatic heterocycles. The Kier molecular flexibility index (Phi) is 4.48. The lowest BCUT2D eigenvalue weighted by Crippen LogP contribution is -1.88. The number of oxazole rings is 1. The Morgan fingerprint density at radius 2 is 2.06 bits per heavy atom. The van der Waals surface area contributed by atoms with Gasteiger partial charge in [-0.1, -0.05) is 11.6 Å². The van der Waals surface area contributed by atoms with E-state index in [-0.39, 0.29) is 6.61 Å². The molecule has 90 valence electrons. The Labute approximate surface area is 109 Å². The van der Waals surface area contributed by atoms with E-state index in [9.17, 15) is 0 Å². The van der Waals surface area contributed by atoms with Gasteiger partial charge in [-0.2, -0.15) is 11.8 Å². The molecule has 0 aliphatic carbocycles. The zero-order chi connectivity index (χ0) is 12.1. The molecule has 2 rings (SSSR count). The molecule has 1 heterocycles. The van der Waals surface area contributed by atoms with E-state index in [2.05, 4.69) is 4.98 Å². The fourth-order valence-electron chi connectivity index (χ4n) is 1.34. The van der Waals surface area contributed by atoms with Crippen molar-refractivity contribution in [1.82, 2.24) is 4.98 Å². The van der Waals surface area contributed by atoms with Crippen LogP contribution in [0.2, 0.25) is 5.02 Å². The van der Waals surface area contributed by atoms with Crippen LogP contribution in [-0.4, -0.2) is 22.5 Å². The first kappa shape index (κ1) is 12.5. The Morgan fingerprint density at radius 3 is 2.76 bits per heavy atom. The highest BCUT2D eigenvalue weighted by Gasteiger charge is 2.06. The van der Waals surface area contributed by atoms with E-state index in [0.717, 1.165) is 17.0 Å². The van der Waals surface area contributed by atoms with Crippen molar-refractivity contribution in [2.75, 3.05) is 12.4 Å². The fraction of sp³-hybridized carbons (Fsp3) is 0.250. The van der Waals surface area contributed by atoms with Crippen molar-refractivity contribution in [2.45, 2.75) is 5.75 Å². The maximum absolute atomic E-state index is 8.68. The van der Waals surface area contributed by atoms with Gasteiger partial charge in [0.05, 0.1) is 12.3 Å². The van der Waals surface area contributed by atoms with Gasteiger partial charge in [-0.3, -0.25) is 0 Å². The molecule has 1 aromatic carbocycles. The summed E-state index contributed by atoms with van der Waals surface area (Å²) in [6.07, 6.45) is 1.65. The Bertz CT molecular complexity index is 470. The predicted molar refractivity (Wildman–Crippen MR) is 70.2 cm³/mol. The molecule has 0 radical (unpaired) electrons. The smallest absolute Gasteiger partial charge is 0.226 e. The molecule has 1 aromatic heterocycles. The zero-order valence-corrected chi connectivity index (χ0v) is 10.7. The van der Waals surface area contributed by atoms with Crippen LogP contribution in [0, 0.1) is 0 Å². The molecule has 0 spiro atoms. The van der Waals surface area contributed by atoms with E-state index in [1.807, 2.05) is 12.1 Å².